The third kappa shape index (κ3) is 6.05. The maximum Gasteiger partial charge on any atom is 0.191 e. The van der Waals surface area contributed by atoms with E-state index in [0.717, 1.165) is 19.0 Å². The molecule has 0 saturated carbocycles. The van der Waals surface area contributed by atoms with Crippen LogP contribution in [-0.4, -0.2) is 68.1 Å². The summed E-state index contributed by atoms with van der Waals surface area (Å²) in [5.74, 6) is 0.924. The normalized spacial score (nSPS) is 21.5. The van der Waals surface area contributed by atoms with E-state index >= 15 is 0 Å². The first kappa shape index (κ1) is 22.9. The highest BCUT2D eigenvalue weighted by Crippen LogP contribution is 2.30. The van der Waals surface area contributed by atoms with E-state index in [1.807, 2.05) is 18.4 Å². The molecule has 0 aromatic carbocycles. The van der Waals surface area contributed by atoms with Gasteiger partial charge in [-0.05, 0) is 82.8 Å². The van der Waals surface area contributed by atoms with Crippen molar-refractivity contribution in [3.05, 3.63) is 21.9 Å². The molecule has 27 heavy (non-hydrogen) atoms. The minimum atomic E-state index is 0. The highest BCUT2D eigenvalue weighted by molar-refractivity contribution is 14.0. The lowest BCUT2D eigenvalue weighted by atomic mass is 9.84. The number of rotatable bonds is 5. The number of nitrogens with one attached hydrogen (secondary N) is 2. The molecule has 3 heterocycles. The maximum atomic E-state index is 4.46. The molecular formula is C20H36IN5S. The van der Waals surface area contributed by atoms with Crippen LogP contribution in [-0.2, 0) is 6.54 Å². The zero-order valence-electron chi connectivity index (χ0n) is 17.1. The molecule has 0 atom stereocenters. The first-order valence-electron chi connectivity index (χ1n) is 10.0. The Morgan fingerprint density at radius 3 is 2.44 bits per heavy atom. The van der Waals surface area contributed by atoms with E-state index in [1.54, 1.807) is 0 Å². The van der Waals surface area contributed by atoms with Gasteiger partial charge in [0.1, 0.15) is 0 Å². The summed E-state index contributed by atoms with van der Waals surface area (Å²) in [4.78, 5) is 11.1. The summed E-state index contributed by atoms with van der Waals surface area (Å²) in [6.07, 6.45) is 6.59. The van der Waals surface area contributed by atoms with Crippen molar-refractivity contribution in [1.29, 1.82) is 0 Å². The van der Waals surface area contributed by atoms with Gasteiger partial charge in [-0.15, -0.1) is 35.3 Å². The summed E-state index contributed by atoms with van der Waals surface area (Å²) in [7, 11) is 4.12. The zero-order chi connectivity index (χ0) is 18.4. The molecule has 2 N–H and O–H groups in total. The predicted octanol–water partition coefficient (Wildman–Crippen LogP) is 3.29. The lowest BCUT2D eigenvalue weighted by molar-refractivity contribution is 0.0173. The van der Waals surface area contributed by atoms with Gasteiger partial charge >= 0.3 is 0 Å². The number of piperidine rings is 2. The second kappa shape index (κ2) is 11.0. The van der Waals surface area contributed by atoms with Crippen LogP contribution in [0.25, 0.3) is 0 Å². The molecule has 0 bridgehead atoms. The fraction of sp³-hybridized carbons (Fsp3) is 0.750. The van der Waals surface area contributed by atoms with Gasteiger partial charge in [-0.25, -0.2) is 0 Å². The Bertz CT molecular complexity index is 589. The smallest absolute Gasteiger partial charge is 0.191 e. The van der Waals surface area contributed by atoms with Gasteiger partial charge in [-0.1, -0.05) is 6.42 Å². The average molecular weight is 506 g/mol. The summed E-state index contributed by atoms with van der Waals surface area (Å²) >= 11 is 1.81. The topological polar surface area (TPSA) is 42.9 Å². The second-order valence-corrected chi connectivity index (χ2v) is 8.88. The van der Waals surface area contributed by atoms with Crippen LogP contribution < -0.4 is 10.6 Å². The van der Waals surface area contributed by atoms with Crippen LogP contribution in [0, 0.1) is 6.92 Å². The minimum absolute atomic E-state index is 0. The van der Waals surface area contributed by atoms with E-state index in [1.165, 1.54) is 68.7 Å². The summed E-state index contributed by atoms with van der Waals surface area (Å²) < 4.78 is 0. The molecule has 1 aromatic rings. The maximum absolute atomic E-state index is 4.46. The molecule has 0 radical (unpaired) electrons. The van der Waals surface area contributed by atoms with Crippen molar-refractivity contribution >= 4 is 41.3 Å². The van der Waals surface area contributed by atoms with Crippen molar-refractivity contribution in [2.45, 2.75) is 51.1 Å². The molecule has 2 aliphatic rings. The highest BCUT2D eigenvalue weighted by atomic mass is 127. The number of thiophene rings is 1. The van der Waals surface area contributed by atoms with Crippen LogP contribution >= 0.6 is 35.3 Å². The Hall–Kier alpha value is -0.380. The summed E-state index contributed by atoms with van der Waals surface area (Å²) in [5.41, 5.74) is 1.64. The minimum Gasteiger partial charge on any atom is -0.355 e. The summed E-state index contributed by atoms with van der Waals surface area (Å²) in [6.45, 7) is 8.91. The number of likely N-dealkylation sites (tertiary alicyclic amines) is 2. The molecule has 0 aliphatic carbocycles. The molecule has 0 unspecified atom stereocenters. The first-order valence-corrected chi connectivity index (χ1v) is 10.9. The number of nitrogens with zero attached hydrogens (tertiary/aromatic N) is 3. The van der Waals surface area contributed by atoms with E-state index in [-0.39, 0.29) is 29.5 Å². The summed E-state index contributed by atoms with van der Waals surface area (Å²) in [6, 6.07) is 2.18. The van der Waals surface area contributed by atoms with Crippen molar-refractivity contribution in [1.82, 2.24) is 20.4 Å². The van der Waals surface area contributed by atoms with Gasteiger partial charge in [-0.2, -0.15) is 0 Å². The Kier molecular flexibility index (Phi) is 9.31. The van der Waals surface area contributed by atoms with Crippen LogP contribution in [0.15, 0.2) is 16.4 Å². The molecule has 7 heteroatoms. The average Bonchev–Trinajstić information content (AvgIpc) is 3.09. The van der Waals surface area contributed by atoms with Crippen molar-refractivity contribution in [2.75, 3.05) is 46.8 Å². The molecule has 0 spiro atoms. The molecule has 0 amide bonds. The Morgan fingerprint density at radius 1 is 1.15 bits per heavy atom. The van der Waals surface area contributed by atoms with E-state index in [9.17, 15) is 0 Å². The van der Waals surface area contributed by atoms with E-state index in [4.69, 9.17) is 0 Å². The van der Waals surface area contributed by atoms with Crippen LogP contribution in [0.3, 0.4) is 0 Å². The van der Waals surface area contributed by atoms with Crippen LogP contribution in [0.5, 0.6) is 0 Å². The number of guanidine groups is 1. The first-order chi connectivity index (χ1) is 12.6. The third-order valence-electron chi connectivity index (χ3n) is 6.14. The van der Waals surface area contributed by atoms with Crippen molar-refractivity contribution in [2.24, 2.45) is 4.99 Å². The molecular weight excluding hydrogens is 469 g/mol. The van der Waals surface area contributed by atoms with Crippen LogP contribution in [0.1, 0.15) is 42.5 Å². The highest BCUT2D eigenvalue weighted by Gasteiger charge is 2.39. The Labute approximate surface area is 186 Å². The molecule has 2 saturated heterocycles. The molecule has 3 rings (SSSR count). The molecule has 5 nitrogen and oxygen atoms in total. The van der Waals surface area contributed by atoms with Gasteiger partial charge in [0.2, 0.25) is 0 Å². The van der Waals surface area contributed by atoms with E-state index < -0.39 is 0 Å². The Morgan fingerprint density at radius 2 is 1.85 bits per heavy atom. The van der Waals surface area contributed by atoms with Crippen LogP contribution in [0.2, 0.25) is 0 Å². The number of hydrogen-bond acceptors (Lipinski definition) is 4. The fourth-order valence-corrected chi connectivity index (χ4v) is 5.07. The molecule has 1 aromatic heterocycles. The van der Waals surface area contributed by atoms with Gasteiger partial charge in [0.25, 0.3) is 0 Å². The molecule has 2 fully saturated rings. The zero-order valence-corrected chi connectivity index (χ0v) is 20.2. The third-order valence-corrected chi connectivity index (χ3v) is 7.16. The van der Waals surface area contributed by atoms with E-state index in [2.05, 4.69) is 50.8 Å². The predicted molar refractivity (Wildman–Crippen MR) is 128 cm³/mol. The van der Waals surface area contributed by atoms with Gasteiger partial charge < -0.3 is 15.5 Å². The van der Waals surface area contributed by atoms with Crippen molar-refractivity contribution < 1.29 is 0 Å². The summed E-state index contributed by atoms with van der Waals surface area (Å²) in [5, 5.41) is 9.32. The van der Waals surface area contributed by atoms with Crippen LogP contribution in [0.4, 0.5) is 0 Å². The van der Waals surface area contributed by atoms with Gasteiger partial charge in [0, 0.05) is 24.0 Å². The molecule has 154 valence electrons. The number of aryl methyl sites for hydroxylation is 1. The number of halogens is 1. The Balaban J connectivity index is 0.00000261. The standard InChI is InChI=1S/C20H35N5S.HI/c1-17-7-14-26-18(17)15-22-19(21-2)23-16-20(8-12-24(3)13-9-20)25-10-5-4-6-11-25;/h7,14H,4-6,8-13,15-16H2,1-3H3,(H2,21,22,23);1H. The van der Waals surface area contributed by atoms with E-state index in [0.29, 0.717) is 0 Å². The lowest BCUT2D eigenvalue weighted by Gasteiger charge is -2.50. The SMILES string of the molecule is CN=C(NCc1sccc1C)NCC1(N2CCCCC2)CCN(C)CC1.I. The lowest BCUT2D eigenvalue weighted by Crippen LogP contribution is -2.62. The van der Waals surface area contributed by atoms with Crippen molar-refractivity contribution in [3.63, 3.8) is 0 Å². The van der Waals surface area contributed by atoms with Gasteiger partial charge in [-0.3, -0.25) is 9.89 Å². The largest absolute Gasteiger partial charge is 0.355 e. The number of hydrogen-bond donors (Lipinski definition) is 2. The van der Waals surface area contributed by atoms with Crippen molar-refractivity contribution in [3.8, 4) is 0 Å². The quantitative estimate of drug-likeness (QED) is 0.366. The monoisotopic (exact) mass is 505 g/mol. The number of aliphatic imine (C=N–C) groups is 1. The second-order valence-electron chi connectivity index (χ2n) is 7.88. The molecule has 2 aliphatic heterocycles. The van der Waals surface area contributed by atoms with Gasteiger partial charge in [0.05, 0.1) is 6.54 Å². The van der Waals surface area contributed by atoms with Gasteiger partial charge in [0.15, 0.2) is 5.96 Å². The fourth-order valence-electron chi connectivity index (χ4n) is 4.23.